The first-order valence-electron chi connectivity index (χ1n) is 7.17. The molecule has 0 aliphatic rings. The van der Waals surface area contributed by atoms with Crippen molar-refractivity contribution in [3.8, 4) is 0 Å². The lowest BCUT2D eigenvalue weighted by molar-refractivity contribution is -0.0341. The van der Waals surface area contributed by atoms with Crippen LogP contribution in [0.15, 0.2) is 48.0 Å². The van der Waals surface area contributed by atoms with E-state index in [1.165, 1.54) is 34.3 Å². The Hall–Kier alpha value is -2.81. The fraction of sp³-hybridized carbons (Fsp3) is 0.267. The summed E-state index contributed by atoms with van der Waals surface area (Å²) in [6.45, 7) is 1.39. The van der Waals surface area contributed by atoms with Gasteiger partial charge in [0.25, 0.3) is 0 Å². The van der Waals surface area contributed by atoms with Crippen LogP contribution in [-0.4, -0.2) is 29.4 Å². The summed E-state index contributed by atoms with van der Waals surface area (Å²) in [5, 5.41) is 15.2. The summed E-state index contributed by atoms with van der Waals surface area (Å²) in [7, 11) is 0. The maximum absolute atomic E-state index is 14.3. The molecule has 0 spiro atoms. The molecule has 2 heterocycles. The molecule has 7 nitrogen and oxygen atoms in total. The van der Waals surface area contributed by atoms with E-state index in [0.717, 1.165) is 12.1 Å². The summed E-state index contributed by atoms with van der Waals surface area (Å²) in [5.74, 6) is -1.67. The number of aliphatic hydroxyl groups is 1. The molecule has 3 aromatic rings. The Morgan fingerprint density at radius 1 is 1.42 bits per heavy atom. The fourth-order valence-electron chi connectivity index (χ4n) is 2.71. The van der Waals surface area contributed by atoms with Crippen molar-refractivity contribution < 1.29 is 13.9 Å². The largest absolute Gasteiger partial charge is 0.381 e. The van der Waals surface area contributed by atoms with E-state index in [4.69, 9.17) is 0 Å². The van der Waals surface area contributed by atoms with Crippen molar-refractivity contribution >= 4 is 0 Å². The summed E-state index contributed by atoms with van der Waals surface area (Å²) < 4.78 is 30.1. The van der Waals surface area contributed by atoms with Gasteiger partial charge in [0.05, 0.1) is 12.6 Å². The van der Waals surface area contributed by atoms with Gasteiger partial charge in [0.2, 0.25) is 0 Å². The highest BCUT2D eigenvalue weighted by Crippen LogP contribution is 2.35. The highest BCUT2D eigenvalue weighted by Gasteiger charge is 2.40. The first-order valence-corrected chi connectivity index (χ1v) is 7.17. The fourth-order valence-corrected chi connectivity index (χ4v) is 2.71. The van der Waals surface area contributed by atoms with Crippen molar-refractivity contribution in [2.75, 3.05) is 0 Å². The Kier molecular flexibility index (Phi) is 4.02. The van der Waals surface area contributed by atoms with Crippen molar-refractivity contribution in [2.45, 2.75) is 25.1 Å². The predicted octanol–water partition coefficient (Wildman–Crippen LogP) is 1.20. The lowest BCUT2D eigenvalue weighted by Crippen LogP contribution is -2.43. The lowest BCUT2D eigenvalue weighted by Gasteiger charge is -2.35. The second-order valence-electron chi connectivity index (χ2n) is 5.49. The van der Waals surface area contributed by atoms with Gasteiger partial charge in [0.15, 0.2) is 0 Å². The number of nitrogens with zero attached hydrogens (tertiary/aromatic N) is 4. The minimum absolute atomic E-state index is 0.139. The molecule has 2 N–H and O–H groups in total. The van der Waals surface area contributed by atoms with E-state index in [0.29, 0.717) is 6.07 Å². The Morgan fingerprint density at radius 3 is 2.79 bits per heavy atom. The van der Waals surface area contributed by atoms with E-state index < -0.39 is 29.0 Å². The van der Waals surface area contributed by atoms with Gasteiger partial charge < -0.3 is 10.1 Å². The van der Waals surface area contributed by atoms with Crippen LogP contribution in [0.2, 0.25) is 0 Å². The maximum Gasteiger partial charge on any atom is 0.325 e. The Morgan fingerprint density at radius 2 is 2.21 bits per heavy atom. The summed E-state index contributed by atoms with van der Waals surface area (Å²) in [6.07, 6.45) is 5.49. The summed E-state index contributed by atoms with van der Waals surface area (Å²) in [6, 6.07) is 2.04. The number of aromatic nitrogens is 5. The number of hydrogen-bond donors (Lipinski definition) is 2. The molecule has 0 aliphatic carbocycles. The third-order valence-corrected chi connectivity index (χ3v) is 4.05. The van der Waals surface area contributed by atoms with Crippen LogP contribution in [0.5, 0.6) is 0 Å². The molecule has 0 aliphatic heterocycles. The average molecular weight is 335 g/mol. The zero-order valence-corrected chi connectivity index (χ0v) is 12.7. The van der Waals surface area contributed by atoms with Crippen LogP contribution in [0.4, 0.5) is 8.78 Å². The van der Waals surface area contributed by atoms with E-state index in [2.05, 4.69) is 15.1 Å². The molecule has 2 aromatic heterocycles. The average Bonchev–Trinajstić information content (AvgIpc) is 3.17. The van der Waals surface area contributed by atoms with Crippen molar-refractivity contribution in [1.82, 2.24) is 24.3 Å². The molecule has 0 bridgehead atoms. The molecule has 2 atom stereocenters. The number of benzene rings is 1. The Balaban J connectivity index is 2.13. The number of halogens is 2. The van der Waals surface area contributed by atoms with Gasteiger partial charge in [0.1, 0.15) is 29.9 Å². The molecule has 2 unspecified atom stereocenters. The Bertz CT molecular complexity index is 889. The van der Waals surface area contributed by atoms with Crippen molar-refractivity contribution in [3.63, 3.8) is 0 Å². The van der Waals surface area contributed by atoms with Crippen LogP contribution < -0.4 is 5.69 Å². The van der Waals surface area contributed by atoms with Gasteiger partial charge in [0, 0.05) is 24.0 Å². The third kappa shape index (κ3) is 2.73. The van der Waals surface area contributed by atoms with Crippen LogP contribution in [0, 0.1) is 11.6 Å². The van der Waals surface area contributed by atoms with Gasteiger partial charge in [-0.25, -0.2) is 23.2 Å². The zero-order chi connectivity index (χ0) is 17.3. The van der Waals surface area contributed by atoms with Gasteiger partial charge in [-0.2, -0.15) is 5.10 Å². The van der Waals surface area contributed by atoms with Crippen molar-refractivity contribution in [1.29, 1.82) is 0 Å². The number of aromatic amines is 1. The van der Waals surface area contributed by atoms with Gasteiger partial charge in [-0.1, -0.05) is 6.07 Å². The number of imidazole rings is 1. The quantitative estimate of drug-likeness (QED) is 0.733. The van der Waals surface area contributed by atoms with E-state index in [9.17, 15) is 18.7 Å². The molecule has 0 saturated carbocycles. The van der Waals surface area contributed by atoms with Gasteiger partial charge in [-0.05, 0) is 13.0 Å². The first kappa shape index (κ1) is 16.1. The summed E-state index contributed by atoms with van der Waals surface area (Å²) in [4.78, 5) is 18.1. The van der Waals surface area contributed by atoms with Crippen LogP contribution in [-0.2, 0) is 12.1 Å². The van der Waals surface area contributed by atoms with Crippen LogP contribution >= 0.6 is 0 Å². The minimum atomic E-state index is -1.86. The lowest BCUT2D eigenvalue weighted by atomic mass is 9.86. The van der Waals surface area contributed by atoms with E-state index in [1.54, 1.807) is 6.92 Å². The number of nitrogens with one attached hydrogen (secondary N) is 1. The van der Waals surface area contributed by atoms with Crippen molar-refractivity contribution in [2.24, 2.45) is 0 Å². The summed E-state index contributed by atoms with van der Waals surface area (Å²) in [5.41, 5.74) is -2.46. The highest BCUT2D eigenvalue weighted by atomic mass is 19.1. The van der Waals surface area contributed by atoms with E-state index >= 15 is 0 Å². The van der Waals surface area contributed by atoms with E-state index in [1.807, 2.05) is 0 Å². The topological polar surface area (TPSA) is 88.7 Å². The van der Waals surface area contributed by atoms with Gasteiger partial charge >= 0.3 is 5.69 Å². The number of H-pyrrole nitrogens is 1. The molecular weight excluding hydrogens is 320 g/mol. The molecule has 0 radical (unpaired) electrons. The molecule has 9 heteroatoms. The molecule has 24 heavy (non-hydrogen) atoms. The predicted molar refractivity (Wildman–Crippen MR) is 80.0 cm³/mol. The molecule has 0 amide bonds. The van der Waals surface area contributed by atoms with Crippen LogP contribution in [0.3, 0.4) is 0 Å². The molecule has 3 rings (SSSR count). The number of rotatable bonds is 5. The normalized spacial score (nSPS) is 15.2. The molecule has 1 aromatic carbocycles. The third-order valence-electron chi connectivity index (χ3n) is 4.05. The molecule has 0 saturated heterocycles. The number of hydrogen-bond acceptors (Lipinski definition) is 4. The van der Waals surface area contributed by atoms with Gasteiger partial charge in [-0.3, -0.25) is 4.57 Å². The zero-order valence-electron chi connectivity index (χ0n) is 12.7. The SMILES string of the molecule is CC(n1cc[nH]c1=O)C(O)(Cn1cncn1)c1ccc(F)cc1F. The van der Waals surface area contributed by atoms with Crippen LogP contribution in [0.1, 0.15) is 18.5 Å². The maximum atomic E-state index is 14.3. The smallest absolute Gasteiger partial charge is 0.325 e. The molecular formula is C15H15F2N5O2. The Labute approximate surface area is 135 Å². The van der Waals surface area contributed by atoms with Crippen molar-refractivity contribution in [3.05, 3.63) is 70.9 Å². The monoisotopic (exact) mass is 335 g/mol. The van der Waals surface area contributed by atoms with Crippen LogP contribution in [0.25, 0.3) is 0 Å². The first-order chi connectivity index (χ1) is 11.4. The minimum Gasteiger partial charge on any atom is -0.381 e. The van der Waals surface area contributed by atoms with E-state index in [-0.39, 0.29) is 12.1 Å². The summed E-state index contributed by atoms with van der Waals surface area (Å²) >= 11 is 0. The second kappa shape index (κ2) is 6.00. The molecule has 126 valence electrons. The standard InChI is InChI=1S/C15H15F2N5O2/c1-10(22-5-4-19-14(22)23)15(24,7-21-9-18-8-20-21)12-3-2-11(16)6-13(12)17/h2-6,8-10,24H,7H2,1H3,(H,19,23). The highest BCUT2D eigenvalue weighted by molar-refractivity contribution is 5.26. The van der Waals surface area contributed by atoms with Gasteiger partial charge in [-0.15, -0.1) is 0 Å². The molecule has 0 fully saturated rings. The second-order valence-corrected chi connectivity index (χ2v) is 5.49.